The zero-order valence-electron chi connectivity index (χ0n) is 8.87. The lowest BCUT2D eigenvalue weighted by Crippen LogP contribution is -2.37. The van der Waals surface area contributed by atoms with Gasteiger partial charge in [-0.3, -0.25) is 4.79 Å². The van der Waals surface area contributed by atoms with Crippen molar-refractivity contribution in [3.05, 3.63) is 22.8 Å². The molecule has 0 aromatic carbocycles. The number of halogens is 1. The predicted molar refractivity (Wildman–Crippen MR) is 66.2 cm³/mol. The molecule has 1 aromatic heterocycles. The molecule has 0 unspecified atom stereocenters. The summed E-state index contributed by atoms with van der Waals surface area (Å²) in [6.07, 6.45) is 3.69. The molecule has 2 rings (SSSR count). The normalized spacial score (nSPS) is 20.4. The van der Waals surface area contributed by atoms with Crippen LogP contribution in [0.25, 0.3) is 0 Å². The molecule has 0 aliphatic carbocycles. The molecule has 1 aliphatic rings. The van der Waals surface area contributed by atoms with Crippen LogP contribution in [0.5, 0.6) is 0 Å². The Hall–Kier alpha value is -0.940. The highest BCUT2D eigenvalue weighted by atomic mass is 79.9. The summed E-state index contributed by atoms with van der Waals surface area (Å²) >= 11 is 3.30. The second-order valence-corrected chi connectivity index (χ2v) is 4.81. The first kappa shape index (κ1) is 11.5. The lowest BCUT2D eigenvalue weighted by Gasteiger charge is -2.21. The zero-order valence-corrected chi connectivity index (χ0v) is 10.5. The molecule has 1 saturated heterocycles. The summed E-state index contributed by atoms with van der Waals surface area (Å²) in [5, 5.41) is 6.05. The Morgan fingerprint density at radius 2 is 2.44 bits per heavy atom. The molecule has 1 aliphatic heterocycles. The third-order valence-corrected chi connectivity index (χ3v) is 3.12. The summed E-state index contributed by atoms with van der Waals surface area (Å²) in [7, 11) is 0. The number of hydrogen-bond donors (Lipinski definition) is 2. The van der Waals surface area contributed by atoms with Gasteiger partial charge in [-0.05, 0) is 47.4 Å². The summed E-state index contributed by atoms with van der Waals surface area (Å²) < 4.78 is 0.907. The molecule has 0 bridgehead atoms. The molecule has 2 heterocycles. The van der Waals surface area contributed by atoms with Crippen molar-refractivity contribution in [3.8, 4) is 0 Å². The van der Waals surface area contributed by atoms with Crippen LogP contribution in [0.1, 0.15) is 12.8 Å². The van der Waals surface area contributed by atoms with Crippen molar-refractivity contribution >= 4 is 27.7 Å². The van der Waals surface area contributed by atoms with E-state index >= 15 is 0 Å². The summed E-state index contributed by atoms with van der Waals surface area (Å²) in [5.74, 6) is 0.736. The van der Waals surface area contributed by atoms with Crippen molar-refractivity contribution in [1.82, 2.24) is 10.3 Å². The molecule has 1 aromatic rings. The van der Waals surface area contributed by atoms with Gasteiger partial charge < -0.3 is 10.6 Å². The molecule has 4 nitrogen and oxygen atoms in total. The quantitative estimate of drug-likeness (QED) is 0.870. The lowest BCUT2D eigenvalue weighted by molar-refractivity contribution is -0.120. The summed E-state index contributed by atoms with van der Waals surface area (Å²) in [6, 6.07) is 3.65. The first-order valence-electron chi connectivity index (χ1n) is 5.39. The fraction of sp³-hybridized carbons (Fsp3) is 0.455. The number of nitrogens with zero attached hydrogens (tertiary/aromatic N) is 1. The van der Waals surface area contributed by atoms with Gasteiger partial charge in [0.05, 0.1) is 5.92 Å². The smallest absolute Gasteiger partial charge is 0.229 e. The number of aromatic nitrogens is 1. The van der Waals surface area contributed by atoms with Crippen LogP contribution in [-0.4, -0.2) is 24.0 Å². The molecule has 0 saturated carbocycles. The Morgan fingerprint density at radius 1 is 1.56 bits per heavy atom. The summed E-state index contributed by atoms with van der Waals surface area (Å²) in [5.41, 5.74) is 0. The highest BCUT2D eigenvalue weighted by molar-refractivity contribution is 9.10. The van der Waals surface area contributed by atoms with Gasteiger partial charge in [-0.15, -0.1) is 0 Å². The molecular weight excluding hydrogens is 270 g/mol. The molecule has 0 radical (unpaired) electrons. The average molecular weight is 284 g/mol. The molecule has 1 amide bonds. The number of piperidine rings is 1. The van der Waals surface area contributed by atoms with Crippen molar-refractivity contribution in [2.75, 3.05) is 18.4 Å². The molecule has 5 heteroatoms. The molecule has 86 valence electrons. The third-order valence-electron chi connectivity index (χ3n) is 2.65. The van der Waals surface area contributed by atoms with E-state index in [0.717, 1.165) is 30.4 Å². The molecule has 16 heavy (non-hydrogen) atoms. The van der Waals surface area contributed by atoms with Gasteiger partial charge in [0.25, 0.3) is 0 Å². The largest absolute Gasteiger partial charge is 0.316 e. The zero-order chi connectivity index (χ0) is 11.4. The standard InChI is InChI=1S/C11H14BrN3O/c12-9-3-4-10(14-7-9)15-11(16)8-2-1-5-13-6-8/h3-4,7-8,13H,1-2,5-6H2,(H,14,15,16)/t8-/m0/s1. The number of pyridine rings is 1. The molecule has 2 N–H and O–H groups in total. The van der Waals surface area contributed by atoms with Gasteiger partial charge >= 0.3 is 0 Å². The van der Waals surface area contributed by atoms with E-state index in [0.29, 0.717) is 5.82 Å². The first-order chi connectivity index (χ1) is 7.75. The fourth-order valence-corrected chi connectivity index (χ4v) is 1.99. The average Bonchev–Trinajstić information content (AvgIpc) is 2.33. The van der Waals surface area contributed by atoms with Gasteiger partial charge in [0.2, 0.25) is 5.91 Å². The van der Waals surface area contributed by atoms with Crippen LogP contribution in [0.3, 0.4) is 0 Å². The van der Waals surface area contributed by atoms with E-state index < -0.39 is 0 Å². The van der Waals surface area contributed by atoms with Crippen LogP contribution in [0.2, 0.25) is 0 Å². The summed E-state index contributed by atoms with van der Waals surface area (Å²) in [6.45, 7) is 1.78. The van der Waals surface area contributed by atoms with Crippen LogP contribution >= 0.6 is 15.9 Å². The van der Waals surface area contributed by atoms with Crippen molar-refractivity contribution in [1.29, 1.82) is 0 Å². The van der Waals surface area contributed by atoms with Crippen LogP contribution in [0.15, 0.2) is 22.8 Å². The number of amides is 1. The summed E-state index contributed by atoms with van der Waals surface area (Å²) in [4.78, 5) is 16.0. The minimum atomic E-state index is 0.0574. The molecule has 0 spiro atoms. The van der Waals surface area contributed by atoms with E-state index in [2.05, 4.69) is 31.5 Å². The van der Waals surface area contributed by atoms with Crippen molar-refractivity contribution in [3.63, 3.8) is 0 Å². The maximum absolute atomic E-state index is 11.8. The van der Waals surface area contributed by atoms with Crippen LogP contribution in [0.4, 0.5) is 5.82 Å². The fourth-order valence-electron chi connectivity index (χ4n) is 1.75. The van der Waals surface area contributed by atoms with E-state index in [1.165, 1.54) is 0 Å². The minimum Gasteiger partial charge on any atom is -0.316 e. The maximum atomic E-state index is 11.8. The second kappa shape index (κ2) is 5.41. The van der Waals surface area contributed by atoms with Crippen LogP contribution in [0, 0.1) is 5.92 Å². The minimum absolute atomic E-state index is 0.0574. The maximum Gasteiger partial charge on any atom is 0.229 e. The number of carbonyl (C=O) groups excluding carboxylic acids is 1. The first-order valence-corrected chi connectivity index (χ1v) is 6.18. The van der Waals surface area contributed by atoms with Gasteiger partial charge in [0, 0.05) is 17.2 Å². The van der Waals surface area contributed by atoms with E-state index in [-0.39, 0.29) is 11.8 Å². The van der Waals surface area contributed by atoms with Gasteiger partial charge in [0.15, 0.2) is 0 Å². The number of rotatable bonds is 2. The topological polar surface area (TPSA) is 54.0 Å². The SMILES string of the molecule is O=C(Nc1ccc(Br)cn1)[C@H]1CCCNC1. The Kier molecular flexibility index (Phi) is 3.90. The van der Waals surface area contributed by atoms with Gasteiger partial charge in [0.1, 0.15) is 5.82 Å². The Morgan fingerprint density at radius 3 is 3.06 bits per heavy atom. The van der Waals surface area contributed by atoms with E-state index in [4.69, 9.17) is 0 Å². The van der Waals surface area contributed by atoms with Gasteiger partial charge in [-0.2, -0.15) is 0 Å². The Balaban J connectivity index is 1.93. The number of anilines is 1. The molecule has 1 atom stereocenters. The highest BCUT2D eigenvalue weighted by Crippen LogP contribution is 2.14. The van der Waals surface area contributed by atoms with Gasteiger partial charge in [-0.25, -0.2) is 4.98 Å². The number of carbonyl (C=O) groups is 1. The van der Waals surface area contributed by atoms with Crippen LogP contribution in [-0.2, 0) is 4.79 Å². The Labute approximate surface area is 103 Å². The highest BCUT2D eigenvalue weighted by Gasteiger charge is 2.20. The van der Waals surface area contributed by atoms with E-state index in [9.17, 15) is 4.79 Å². The van der Waals surface area contributed by atoms with Gasteiger partial charge in [-0.1, -0.05) is 0 Å². The lowest BCUT2D eigenvalue weighted by atomic mass is 9.99. The van der Waals surface area contributed by atoms with E-state index in [1.807, 2.05) is 6.07 Å². The second-order valence-electron chi connectivity index (χ2n) is 3.89. The van der Waals surface area contributed by atoms with E-state index in [1.54, 1.807) is 12.3 Å². The Bertz CT molecular complexity index is 360. The third kappa shape index (κ3) is 3.02. The number of nitrogens with one attached hydrogen (secondary N) is 2. The monoisotopic (exact) mass is 283 g/mol. The van der Waals surface area contributed by atoms with Crippen molar-refractivity contribution in [2.45, 2.75) is 12.8 Å². The number of hydrogen-bond acceptors (Lipinski definition) is 3. The van der Waals surface area contributed by atoms with Crippen LogP contribution < -0.4 is 10.6 Å². The van der Waals surface area contributed by atoms with Crippen molar-refractivity contribution < 1.29 is 4.79 Å². The molecule has 1 fully saturated rings. The predicted octanol–water partition coefficient (Wildman–Crippen LogP) is 1.78. The van der Waals surface area contributed by atoms with Crippen molar-refractivity contribution in [2.24, 2.45) is 5.92 Å². The molecular formula is C11H14BrN3O.